The van der Waals surface area contributed by atoms with Gasteiger partial charge in [0.1, 0.15) is 16.5 Å². The van der Waals surface area contributed by atoms with Crippen LogP contribution in [0.25, 0.3) is 0 Å². The predicted molar refractivity (Wildman–Crippen MR) is 71.2 cm³/mol. The van der Waals surface area contributed by atoms with Crippen molar-refractivity contribution in [2.45, 2.75) is 23.0 Å². The van der Waals surface area contributed by atoms with Gasteiger partial charge >= 0.3 is 0 Å². The van der Waals surface area contributed by atoms with Gasteiger partial charge in [-0.05, 0) is 31.0 Å². The van der Waals surface area contributed by atoms with E-state index < -0.39 is 41.8 Å². The smallest absolute Gasteiger partial charge is 0.228 e. The van der Waals surface area contributed by atoms with Crippen molar-refractivity contribution in [3.63, 3.8) is 0 Å². The topological polar surface area (TPSA) is 97.5 Å². The van der Waals surface area contributed by atoms with Crippen LogP contribution in [0.5, 0.6) is 0 Å². The minimum absolute atomic E-state index is 0.0321. The quantitative estimate of drug-likeness (QED) is 0.861. The Balaban J connectivity index is 2.38. The SMILES string of the molecule is NS(=O)(=O)C1CCCN(S(=O)(=O)c2cc(F)ccc2F)C1. The van der Waals surface area contributed by atoms with Gasteiger partial charge in [-0.15, -0.1) is 0 Å². The van der Waals surface area contributed by atoms with Crippen molar-refractivity contribution in [2.75, 3.05) is 13.1 Å². The summed E-state index contributed by atoms with van der Waals surface area (Å²) in [7, 11) is -8.20. The fraction of sp³-hybridized carbons (Fsp3) is 0.455. The first-order valence-corrected chi connectivity index (χ1v) is 9.14. The van der Waals surface area contributed by atoms with Crippen LogP contribution in [0.3, 0.4) is 0 Å². The second kappa shape index (κ2) is 5.59. The summed E-state index contributed by atoms with van der Waals surface area (Å²) in [6, 6.07) is 2.09. The Morgan fingerprint density at radius 1 is 1.19 bits per heavy atom. The van der Waals surface area contributed by atoms with Crippen molar-refractivity contribution >= 4 is 20.0 Å². The second-order valence-electron chi connectivity index (χ2n) is 4.79. The summed E-state index contributed by atoms with van der Waals surface area (Å²) in [5.74, 6) is -1.98. The molecule has 1 saturated heterocycles. The molecule has 21 heavy (non-hydrogen) atoms. The summed E-state index contributed by atoms with van der Waals surface area (Å²) in [5, 5.41) is 3.98. The molecule has 118 valence electrons. The highest BCUT2D eigenvalue weighted by Crippen LogP contribution is 2.25. The second-order valence-corrected chi connectivity index (χ2v) is 8.54. The fourth-order valence-electron chi connectivity index (χ4n) is 2.21. The van der Waals surface area contributed by atoms with Gasteiger partial charge in [0.25, 0.3) is 0 Å². The van der Waals surface area contributed by atoms with Crippen LogP contribution in [0.2, 0.25) is 0 Å². The Morgan fingerprint density at radius 3 is 2.48 bits per heavy atom. The summed E-state index contributed by atoms with van der Waals surface area (Å²) in [6.45, 7) is -0.332. The molecule has 1 atom stereocenters. The van der Waals surface area contributed by atoms with Gasteiger partial charge in [0.2, 0.25) is 20.0 Å². The van der Waals surface area contributed by atoms with Crippen LogP contribution in [0.15, 0.2) is 23.1 Å². The molecular formula is C11H14F2N2O4S2. The molecule has 6 nitrogen and oxygen atoms in total. The third-order valence-corrected chi connectivity index (χ3v) is 6.51. The van der Waals surface area contributed by atoms with E-state index in [2.05, 4.69) is 0 Å². The first kappa shape index (κ1) is 16.3. The first-order chi connectivity index (χ1) is 9.62. The van der Waals surface area contributed by atoms with Gasteiger partial charge < -0.3 is 0 Å². The Hall–Kier alpha value is -1.10. The molecule has 0 amide bonds. The Morgan fingerprint density at radius 2 is 1.86 bits per heavy atom. The van der Waals surface area contributed by atoms with E-state index in [1.165, 1.54) is 0 Å². The molecule has 1 fully saturated rings. The lowest BCUT2D eigenvalue weighted by atomic mass is 10.2. The van der Waals surface area contributed by atoms with E-state index in [1.807, 2.05) is 0 Å². The van der Waals surface area contributed by atoms with E-state index in [4.69, 9.17) is 5.14 Å². The molecule has 1 aliphatic rings. The zero-order valence-corrected chi connectivity index (χ0v) is 12.5. The number of rotatable bonds is 3. The van der Waals surface area contributed by atoms with Crippen molar-refractivity contribution in [1.82, 2.24) is 4.31 Å². The molecule has 1 aromatic carbocycles. The molecule has 2 rings (SSSR count). The Kier molecular flexibility index (Phi) is 4.34. The number of primary sulfonamides is 1. The fourth-order valence-corrected chi connectivity index (χ4v) is 4.78. The van der Waals surface area contributed by atoms with E-state index >= 15 is 0 Å². The molecule has 10 heteroatoms. The molecule has 2 N–H and O–H groups in total. The highest BCUT2D eigenvalue weighted by atomic mass is 32.2. The maximum Gasteiger partial charge on any atom is 0.246 e. The van der Waals surface area contributed by atoms with Crippen molar-refractivity contribution in [1.29, 1.82) is 0 Å². The van der Waals surface area contributed by atoms with Gasteiger partial charge in [-0.1, -0.05) is 0 Å². The van der Waals surface area contributed by atoms with Crippen LogP contribution in [0.4, 0.5) is 8.78 Å². The minimum atomic E-state index is -4.31. The summed E-state index contributed by atoms with van der Waals surface area (Å²) in [4.78, 5) is -0.808. The number of benzene rings is 1. The normalized spacial score (nSPS) is 21.4. The monoisotopic (exact) mass is 340 g/mol. The zero-order chi connectivity index (χ0) is 15.8. The van der Waals surface area contributed by atoms with Crippen molar-refractivity contribution < 1.29 is 25.6 Å². The lowest BCUT2D eigenvalue weighted by Crippen LogP contribution is -2.47. The first-order valence-electron chi connectivity index (χ1n) is 6.09. The lowest BCUT2D eigenvalue weighted by Gasteiger charge is -2.30. The molecule has 0 radical (unpaired) electrons. The van der Waals surface area contributed by atoms with Crippen LogP contribution in [0, 0.1) is 11.6 Å². The van der Waals surface area contributed by atoms with Crippen LogP contribution in [0.1, 0.15) is 12.8 Å². The zero-order valence-electron chi connectivity index (χ0n) is 10.9. The number of piperidine rings is 1. The highest BCUT2D eigenvalue weighted by Gasteiger charge is 2.36. The number of nitrogens with zero attached hydrogens (tertiary/aromatic N) is 1. The predicted octanol–water partition coefficient (Wildman–Crippen LogP) is 0.406. The highest BCUT2D eigenvalue weighted by molar-refractivity contribution is 7.90. The lowest BCUT2D eigenvalue weighted by molar-refractivity contribution is 0.344. The number of hydrogen-bond acceptors (Lipinski definition) is 4. The maximum atomic E-state index is 13.6. The van der Waals surface area contributed by atoms with Crippen LogP contribution in [-0.4, -0.2) is 39.5 Å². The molecule has 0 bridgehead atoms. The summed E-state index contributed by atoms with van der Waals surface area (Å²) in [6.07, 6.45) is 0.508. The molecule has 1 aliphatic heterocycles. The molecular weight excluding hydrogens is 326 g/mol. The maximum absolute atomic E-state index is 13.6. The number of halogens is 2. The van der Waals surface area contributed by atoms with Crippen LogP contribution in [-0.2, 0) is 20.0 Å². The molecule has 0 spiro atoms. The van der Waals surface area contributed by atoms with Gasteiger partial charge in [-0.25, -0.2) is 30.8 Å². The van der Waals surface area contributed by atoms with Gasteiger partial charge in [0.15, 0.2) is 0 Å². The van der Waals surface area contributed by atoms with Crippen LogP contribution < -0.4 is 5.14 Å². The Labute approximate surface area is 121 Å². The summed E-state index contributed by atoms with van der Waals surface area (Å²) < 4.78 is 74.9. The number of sulfonamides is 2. The summed E-state index contributed by atoms with van der Waals surface area (Å²) in [5.41, 5.74) is 0. The van der Waals surface area contributed by atoms with Gasteiger partial charge in [-0.2, -0.15) is 4.31 Å². The molecule has 1 aromatic rings. The van der Waals surface area contributed by atoms with E-state index in [1.54, 1.807) is 0 Å². The van der Waals surface area contributed by atoms with E-state index in [-0.39, 0.29) is 25.9 Å². The van der Waals surface area contributed by atoms with Crippen molar-refractivity contribution in [3.05, 3.63) is 29.8 Å². The average Bonchev–Trinajstić information content (AvgIpc) is 2.40. The van der Waals surface area contributed by atoms with Gasteiger partial charge in [0.05, 0.1) is 5.25 Å². The Bertz CT molecular complexity index is 749. The van der Waals surface area contributed by atoms with E-state index in [0.29, 0.717) is 12.1 Å². The number of hydrogen-bond donors (Lipinski definition) is 1. The number of nitrogens with two attached hydrogens (primary N) is 1. The average molecular weight is 340 g/mol. The minimum Gasteiger partial charge on any atom is -0.228 e. The van der Waals surface area contributed by atoms with Crippen LogP contribution >= 0.6 is 0 Å². The molecule has 1 unspecified atom stereocenters. The third kappa shape index (κ3) is 3.39. The third-order valence-electron chi connectivity index (χ3n) is 3.32. The molecule has 1 heterocycles. The van der Waals surface area contributed by atoms with Gasteiger partial charge in [0, 0.05) is 13.1 Å². The standard InChI is InChI=1S/C11H14F2N2O4S2/c12-8-3-4-10(13)11(6-8)21(18,19)15-5-1-2-9(7-15)20(14,16)17/h3-4,6,9H,1-2,5,7H2,(H2,14,16,17). The van der Waals surface area contributed by atoms with E-state index in [0.717, 1.165) is 10.4 Å². The molecule has 0 saturated carbocycles. The summed E-state index contributed by atoms with van der Waals surface area (Å²) >= 11 is 0. The van der Waals surface area contributed by atoms with Gasteiger partial charge in [-0.3, -0.25) is 0 Å². The van der Waals surface area contributed by atoms with Crippen molar-refractivity contribution in [2.24, 2.45) is 5.14 Å². The molecule has 0 aliphatic carbocycles. The largest absolute Gasteiger partial charge is 0.246 e. The van der Waals surface area contributed by atoms with E-state index in [9.17, 15) is 25.6 Å². The van der Waals surface area contributed by atoms with Crippen molar-refractivity contribution in [3.8, 4) is 0 Å². The molecule has 0 aromatic heterocycles.